The summed E-state index contributed by atoms with van der Waals surface area (Å²) in [5.74, 6) is -0.0446. The van der Waals surface area contributed by atoms with Gasteiger partial charge in [0.05, 0.1) is 5.69 Å². The lowest BCUT2D eigenvalue weighted by atomic mass is 9.88. The minimum Gasteiger partial charge on any atom is -0.397 e. The molecule has 1 unspecified atom stereocenters. The largest absolute Gasteiger partial charge is 0.397 e. The lowest BCUT2D eigenvalue weighted by molar-refractivity contribution is 0.0938. The van der Waals surface area contributed by atoms with Gasteiger partial charge >= 0.3 is 0 Å². The van der Waals surface area contributed by atoms with E-state index in [-0.39, 0.29) is 11.9 Å². The maximum absolute atomic E-state index is 12.1. The fraction of sp³-hybridized carbons (Fsp3) is 0.267. The average Bonchev–Trinajstić information content (AvgIpc) is 2.85. The molecule has 1 atom stereocenters. The SMILES string of the molecule is Nc1ccsc1C(=O)NC1CCc2ccccc2C1. The highest BCUT2D eigenvalue weighted by Gasteiger charge is 2.21. The van der Waals surface area contributed by atoms with E-state index in [4.69, 9.17) is 5.73 Å². The number of nitrogens with two attached hydrogens (primary N) is 1. The van der Waals surface area contributed by atoms with Crippen LogP contribution in [0.2, 0.25) is 0 Å². The molecule has 19 heavy (non-hydrogen) atoms. The summed E-state index contributed by atoms with van der Waals surface area (Å²) in [5, 5.41) is 4.94. The topological polar surface area (TPSA) is 55.1 Å². The van der Waals surface area contributed by atoms with Crippen LogP contribution in [0.5, 0.6) is 0 Å². The first-order valence-corrected chi connectivity index (χ1v) is 7.32. The Morgan fingerprint density at radius 3 is 2.79 bits per heavy atom. The second-order valence-electron chi connectivity index (χ2n) is 4.89. The first kappa shape index (κ1) is 12.2. The van der Waals surface area contributed by atoms with Crippen molar-refractivity contribution in [1.29, 1.82) is 0 Å². The number of rotatable bonds is 2. The highest BCUT2D eigenvalue weighted by atomic mass is 32.1. The quantitative estimate of drug-likeness (QED) is 0.883. The van der Waals surface area contributed by atoms with Crippen molar-refractivity contribution in [2.45, 2.75) is 25.3 Å². The van der Waals surface area contributed by atoms with E-state index in [0.717, 1.165) is 19.3 Å². The maximum atomic E-state index is 12.1. The minimum absolute atomic E-state index is 0.0446. The Labute approximate surface area is 116 Å². The van der Waals surface area contributed by atoms with Gasteiger partial charge in [0.1, 0.15) is 4.88 Å². The van der Waals surface area contributed by atoms with Crippen molar-refractivity contribution in [3.63, 3.8) is 0 Å². The van der Waals surface area contributed by atoms with E-state index in [1.807, 2.05) is 5.38 Å². The number of aryl methyl sites for hydroxylation is 1. The molecule has 2 aromatic rings. The molecular weight excluding hydrogens is 256 g/mol. The molecule has 98 valence electrons. The van der Waals surface area contributed by atoms with Crippen LogP contribution in [-0.2, 0) is 12.8 Å². The molecule has 0 spiro atoms. The number of anilines is 1. The van der Waals surface area contributed by atoms with Crippen LogP contribution in [0.1, 0.15) is 27.2 Å². The molecule has 1 aromatic heterocycles. The van der Waals surface area contributed by atoms with Crippen LogP contribution >= 0.6 is 11.3 Å². The summed E-state index contributed by atoms with van der Waals surface area (Å²) >= 11 is 1.39. The van der Waals surface area contributed by atoms with Gasteiger partial charge in [-0.3, -0.25) is 4.79 Å². The lowest BCUT2D eigenvalue weighted by Crippen LogP contribution is -2.38. The number of carbonyl (C=O) groups excluding carboxylic acids is 1. The van der Waals surface area contributed by atoms with Gasteiger partial charge in [-0.05, 0) is 41.8 Å². The Morgan fingerprint density at radius 2 is 2.05 bits per heavy atom. The standard InChI is InChI=1S/C15H16N2OS/c16-13-7-8-19-14(13)15(18)17-12-6-5-10-3-1-2-4-11(10)9-12/h1-4,7-8,12H,5-6,9,16H2,(H,17,18). The molecule has 3 N–H and O–H groups in total. The monoisotopic (exact) mass is 272 g/mol. The molecule has 1 aliphatic carbocycles. The second-order valence-corrected chi connectivity index (χ2v) is 5.80. The number of nitrogen functional groups attached to an aromatic ring is 1. The first-order chi connectivity index (χ1) is 9.24. The van der Waals surface area contributed by atoms with Crippen molar-refractivity contribution in [3.8, 4) is 0 Å². The molecule has 0 saturated carbocycles. The number of thiophene rings is 1. The first-order valence-electron chi connectivity index (χ1n) is 6.44. The van der Waals surface area contributed by atoms with Gasteiger partial charge < -0.3 is 11.1 Å². The van der Waals surface area contributed by atoms with Crippen molar-refractivity contribution < 1.29 is 4.79 Å². The fourth-order valence-corrected chi connectivity index (χ4v) is 3.30. The van der Waals surface area contributed by atoms with Gasteiger partial charge in [-0.1, -0.05) is 24.3 Å². The molecule has 1 aromatic carbocycles. The third-order valence-electron chi connectivity index (χ3n) is 3.58. The molecule has 1 heterocycles. The number of fused-ring (bicyclic) bond motifs is 1. The summed E-state index contributed by atoms with van der Waals surface area (Å²) in [6.45, 7) is 0. The molecule has 0 fully saturated rings. The molecule has 1 amide bonds. The summed E-state index contributed by atoms with van der Waals surface area (Å²) in [5.41, 5.74) is 9.09. The predicted molar refractivity (Wildman–Crippen MR) is 78.5 cm³/mol. The molecule has 0 aliphatic heterocycles. The molecule has 4 heteroatoms. The lowest BCUT2D eigenvalue weighted by Gasteiger charge is -2.25. The van der Waals surface area contributed by atoms with Crippen molar-refractivity contribution in [2.24, 2.45) is 0 Å². The summed E-state index contributed by atoms with van der Waals surface area (Å²) in [4.78, 5) is 12.8. The molecule has 0 radical (unpaired) electrons. The third kappa shape index (κ3) is 2.49. The molecule has 1 aliphatic rings. The number of nitrogens with one attached hydrogen (secondary N) is 1. The van der Waals surface area contributed by atoms with Crippen LogP contribution in [0.25, 0.3) is 0 Å². The van der Waals surface area contributed by atoms with Crippen LogP contribution in [0.3, 0.4) is 0 Å². The van der Waals surface area contributed by atoms with Gasteiger partial charge in [-0.15, -0.1) is 11.3 Å². The van der Waals surface area contributed by atoms with Gasteiger partial charge in [0.2, 0.25) is 0 Å². The van der Waals surface area contributed by atoms with Crippen molar-refractivity contribution in [2.75, 3.05) is 5.73 Å². The zero-order chi connectivity index (χ0) is 13.2. The number of benzene rings is 1. The van der Waals surface area contributed by atoms with E-state index >= 15 is 0 Å². The number of carbonyl (C=O) groups is 1. The Balaban J connectivity index is 1.70. The summed E-state index contributed by atoms with van der Waals surface area (Å²) in [7, 11) is 0. The molecule has 3 rings (SSSR count). The normalized spacial score (nSPS) is 17.8. The van der Waals surface area contributed by atoms with E-state index in [1.165, 1.54) is 22.5 Å². The van der Waals surface area contributed by atoms with Crippen LogP contribution in [-0.4, -0.2) is 11.9 Å². The minimum atomic E-state index is -0.0446. The molecule has 0 saturated heterocycles. The molecular formula is C15H16N2OS. The highest BCUT2D eigenvalue weighted by molar-refractivity contribution is 7.12. The van der Waals surface area contributed by atoms with Gasteiger partial charge in [-0.2, -0.15) is 0 Å². The Morgan fingerprint density at radius 1 is 1.26 bits per heavy atom. The number of hydrogen-bond donors (Lipinski definition) is 2. The van der Waals surface area contributed by atoms with Crippen LogP contribution in [0.15, 0.2) is 35.7 Å². The maximum Gasteiger partial charge on any atom is 0.263 e. The second kappa shape index (κ2) is 5.05. The highest BCUT2D eigenvalue weighted by Crippen LogP contribution is 2.23. The Kier molecular flexibility index (Phi) is 3.25. The predicted octanol–water partition coefficient (Wildman–Crippen LogP) is 2.62. The van der Waals surface area contributed by atoms with E-state index in [9.17, 15) is 4.79 Å². The van der Waals surface area contributed by atoms with Crippen LogP contribution in [0.4, 0.5) is 5.69 Å². The Hall–Kier alpha value is -1.81. The van der Waals surface area contributed by atoms with Crippen LogP contribution in [0, 0.1) is 0 Å². The van der Waals surface area contributed by atoms with Crippen molar-refractivity contribution in [3.05, 3.63) is 51.7 Å². The van der Waals surface area contributed by atoms with E-state index in [0.29, 0.717) is 10.6 Å². The average molecular weight is 272 g/mol. The molecule has 0 bridgehead atoms. The van der Waals surface area contributed by atoms with E-state index < -0.39 is 0 Å². The van der Waals surface area contributed by atoms with Crippen molar-refractivity contribution in [1.82, 2.24) is 5.32 Å². The van der Waals surface area contributed by atoms with Crippen molar-refractivity contribution >= 4 is 22.9 Å². The smallest absolute Gasteiger partial charge is 0.263 e. The summed E-state index contributed by atoms with van der Waals surface area (Å²) in [6, 6.07) is 10.4. The summed E-state index contributed by atoms with van der Waals surface area (Å²) in [6.07, 6.45) is 2.93. The zero-order valence-corrected chi connectivity index (χ0v) is 11.4. The van der Waals surface area contributed by atoms with Gasteiger partial charge in [-0.25, -0.2) is 0 Å². The number of hydrogen-bond acceptors (Lipinski definition) is 3. The van der Waals surface area contributed by atoms with Gasteiger partial charge in [0.25, 0.3) is 5.91 Å². The van der Waals surface area contributed by atoms with Crippen LogP contribution < -0.4 is 11.1 Å². The van der Waals surface area contributed by atoms with E-state index in [1.54, 1.807) is 6.07 Å². The van der Waals surface area contributed by atoms with Gasteiger partial charge in [0, 0.05) is 6.04 Å². The number of amides is 1. The fourth-order valence-electron chi connectivity index (χ4n) is 2.58. The van der Waals surface area contributed by atoms with Gasteiger partial charge in [0.15, 0.2) is 0 Å². The zero-order valence-electron chi connectivity index (χ0n) is 10.6. The summed E-state index contributed by atoms with van der Waals surface area (Å²) < 4.78 is 0. The van der Waals surface area contributed by atoms with E-state index in [2.05, 4.69) is 29.6 Å². The Bertz CT molecular complexity index is 606. The molecule has 3 nitrogen and oxygen atoms in total. The third-order valence-corrected chi connectivity index (χ3v) is 4.51.